The van der Waals surface area contributed by atoms with Gasteiger partial charge in [0.25, 0.3) is 11.8 Å². The third-order valence-corrected chi connectivity index (χ3v) is 10.8. The lowest BCUT2D eigenvalue weighted by molar-refractivity contribution is -0.963. The summed E-state index contributed by atoms with van der Waals surface area (Å²) >= 11 is 0. The van der Waals surface area contributed by atoms with Gasteiger partial charge in [-0.2, -0.15) is 0 Å². The van der Waals surface area contributed by atoms with E-state index >= 15 is 0 Å². The molecule has 9 nitrogen and oxygen atoms in total. The van der Waals surface area contributed by atoms with Gasteiger partial charge < -0.3 is 10.2 Å². The first-order chi connectivity index (χ1) is 22.7. The van der Waals surface area contributed by atoms with E-state index in [0.29, 0.717) is 34.0 Å². The first-order valence-corrected chi connectivity index (χ1v) is 17.7. The van der Waals surface area contributed by atoms with Gasteiger partial charge >= 0.3 is 0 Å². The Labute approximate surface area is 285 Å². The van der Waals surface area contributed by atoms with Gasteiger partial charge in [0.1, 0.15) is 30.3 Å². The predicted octanol–water partition coefficient (Wildman–Crippen LogP) is 6.63. The molecule has 1 aliphatic carbocycles. The van der Waals surface area contributed by atoms with Crippen molar-refractivity contribution >= 4 is 23.4 Å². The van der Waals surface area contributed by atoms with Crippen molar-refractivity contribution in [1.29, 1.82) is 0 Å². The number of aliphatic imine (C=N–C) groups is 1. The minimum Gasteiger partial charge on any atom is -0.345 e. The average molecular weight is 659 g/mol. The molecule has 10 heteroatoms. The largest absolute Gasteiger partial charge is 0.345 e. The van der Waals surface area contributed by atoms with Gasteiger partial charge in [0.05, 0.1) is 12.6 Å². The average Bonchev–Trinajstić information content (AvgIpc) is 3.75. The van der Waals surface area contributed by atoms with Gasteiger partial charge in [-0.25, -0.2) is 4.39 Å². The number of halogens is 1. The fourth-order valence-electron chi connectivity index (χ4n) is 7.88. The van der Waals surface area contributed by atoms with E-state index < -0.39 is 5.66 Å². The highest BCUT2D eigenvalue weighted by atomic mass is 19.1. The first kappa shape index (κ1) is 34.2. The summed E-state index contributed by atoms with van der Waals surface area (Å²) in [5, 5.41) is 7.76. The smallest absolute Gasteiger partial charge is 0.275 e. The maximum atomic E-state index is 14.6. The number of amides is 2. The number of carbonyl (C=O) groups excluding carboxylic acids is 2. The summed E-state index contributed by atoms with van der Waals surface area (Å²) in [6, 6.07) is 13.6. The molecule has 1 atom stereocenters. The van der Waals surface area contributed by atoms with Gasteiger partial charge in [-0.15, -0.1) is 4.70 Å². The maximum Gasteiger partial charge on any atom is 0.275 e. The molecule has 48 heavy (non-hydrogen) atoms. The summed E-state index contributed by atoms with van der Waals surface area (Å²) in [6.07, 6.45) is 7.44. The van der Waals surface area contributed by atoms with Crippen molar-refractivity contribution in [3.05, 3.63) is 71.0 Å². The standard InChI is InChI=1S/C38H52FN7O2/c1-36(2,3)20-19-31(26-9-11-28(12-10-26)34(47)40-25-32-42-44-46(43-32)23-7-8-24-46)45-35(48)33(27-13-15-30(39)16-14-27)41-38(45)21-17-29(18-22-38)37(4,5)6/h9-16,29,31H,7-8,17-25H2,1-6H3,(H2-,40,41,42,43,44,47,48)/p+1/t29?,31-,38?/m1/s1. The van der Waals surface area contributed by atoms with E-state index in [2.05, 4.69) is 62.7 Å². The number of hydrazine groups is 1. The van der Waals surface area contributed by atoms with E-state index in [0.717, 1.165) is 75.9 Å². The lowest BCUT2D eigenvalue weighted by Crippen LogP contribution is -2.52. The molecule has 4 aliphatic rings. The molecule has 2 aromatic rings. The van der Waals surface area contributed by atoms with Gasteiger partial charge in [0.15, 0.2) is 5.84 Å². The van der Waals surface area contributed by atoms with Crippen LogP contribution in [0.15, 0.2) is 58.6 Å². The third kappa shape index (κ3) is 7.20. The molecule has 1 saturated carbocycles. The number of carbonyl (C=O) groups is 2. The van der Waals surface area contributed by atoms with Crippen molar-refractivity contribution < 1.29 is 18.7 Å². The second-order valence-corrected chi connectivity index (χ2v) is 16.5. The monoisotopic (exact) mass is 658 g/mol. The van der Waals surface area contributed by atoms with E-state index in [-0.39, 0.29) is 34.5 Å². The molecule has 3 heterocycles. The van der Waals surface area contributed by atoms with Gasteiger partial charge in [-0.1, -0.05) is 53.7 Å². The molecule has 6 rings (SSSR count). The summed E-state index contributed by atoms with van der Waals surface area (Å²) in [5.74, 6) is 0.650. The van der Waals surface area contributed by atoms with Crippen molar-refractivity contribution in [1.82, 2.24) is 21.2 Å². The molecule has 0 radical (unpaired) electrons. The number of benzene rings is 2. The molecule has 3 N–H and O–H groups in total. The third-order valence-electron chi connectivity index (χ3n) is 10.8. The zero-order chi connectivity index (χ0) is 34.3. The van der Waals surface area contributed by atoms with Crippen LogP contribution in [0.3, 0.4) is 0 Å². The second kappa shape index (κ2) is 13.0. The second-order valence-electron chi connectivity index (χ2n) is 16.5. The molecular weight excluding hydrogens is 605 g/mol. The Bertz CT molecular complexity index is 1560. The van der Waals surface area contributed by atoms with Crippen molar-refractivity contribution in [2.45, 2.75) is 105 Å². The molecule has 2 amide bonds. The Balaban J connectivity index is 1.27. The summed E-state index contributed by atoms with van der Waals surface area (Å²) in [6.45, 7) is 15.7. The highest BCUT2D eigenvalue weighted by Gasteiger charge is 2.52. The molecule has 2 spiro atoms. The molecule has 3 aliphatic heterocycles. The molecule has 0 bridgehead atoms. The summed E-state index contributed by atoms with van der Waals surface area (Å²) in [7, 11) is 0. The van der Waals surface area contributed by atoms with E-state index in [4.69, 9.17) is 10.1 Å². The summed E-state index contributed by atoms with van der Waals surface area (Å²) < 4.78 is 14.4. The van der Waals surface area contributed by atoms with Crippen LogP contribution >= 0.6 is 0 Å². The Hall–Kier alpha value is -3.63. The van der Waals surface area contributed by atoms with Crippen molar-refractivity contribution in [2.24, 2.45) is 26.8 Å². The minimum atomic E-state index is -0.667. The SMILES string of the molecule is CC(C)(C)CC[C@H](c1ccc(C(=O)NCC2=N[N+]3(CCCC3)NN2)cc1)N1C(=O)C(c2ccc(F)cc2)=NC12CCC(C(C)(C)C)CC2. The van der Waals surface area contributed by atoms with Crippen LogP contribution in [-0.4, -0.2) is 58.3 Å². The zero-order valence-corrected chi connectivity index (χ0v) is 29.5. The number of rotatable bonds is 8. The van der Waals surface area contributed by atoms with Crippen LogP contribution in [0.1, 0.15) is 120 Å². The van der Waals surface area contributed by atoms with Crippen molar-refractivity contribution in [3.8, 4) is 0 Å². The van der Waals surface area contributed by atoms with Gasteiger partial charge in [0.2, 0.25) is 0 Å². The van der Waals surface area contributed by atoms with Crippen LogP contribution < -0.4 is 16.3 Å². The lowest BCUT2D eigenvalue weighted by atomic mass is 9.69. The Morgan fingerprint density at radius 1 is 1.02 bits per heavy atom. The van der Waals surface area contributed by atoms with Gasteiger partial charge in [-0.05, 0) is 108 Å². The number of nitrogens with zero attached hydrogens (tertiary/aromatic N) is 4. The molecule has 0 aromatic heterocycles. The predicted molar refractivity (Wildman–Crippen MR) is 187 cm³/mol. The normalized spacial score (nSPS) is 24.5. The minimum absolute atomic E-state index is 0.0557. The van der Waals surface area contributed by atoms with Crippen LogP contribution in [0.25, 0.3) is 0 Å². The van der Waals surface area contributed by atoms with Crippen LogP contribution in [0.2, 0.25) is 0 Å². The van der Waals surface area contributed by atoms with Crippen LogP contribution in [-0.2, 0) is 4.79 Å². The number of amidine groups is 1. The molecule has 0 unspecified atom stereocenters. The van der Waals surface area contributed by atoms with E-state index in [1.807, 2.05) is 24.3 Å². The molecule has 2 aromatic carbocycles. The number of nitrogens with one attached hydrogen (secondary N) is 3. The van der Waals surface area contributed by atoms with Crippen LogP contribution in [0.4, 0.5) is 4.39 Å². The van der Waals surface area contributed by atoms with Crippen molar-refractivity contribution in [2.75, 3.05) is 19.6 Å². The van der Waals surface area contributed by atoms with Gasteiger partial charge in [0, 0.05) is 24.0 Å². The fourth-order valence-corrected chi connectivity index (χ4v) is 7.88. The highest BCUT2D eigenvalue weighted by molar-refractivity contribution is 6.46. The van der Waals surface area contributed by atoms with E-state index in [9.17, 15) is 14.0 Å². The molecular formula is C38H53FN7O2+. The number of hydrogen-bond donors (Lipinski definition) is 3. The maximum absolute atomic E-state index is 14.6. The van der Waals surface area contributed by atoms with Crippen LogP contribution in [0, 0.1) is 22.6 Å². The first-order valence-electron chi connectivity index (χ1n) is 17.7. The lowest BCUT2D eigenvalue weighted by Gasteiger charge is -2.47. The summed E-state index contributed by atoms with van der Waals surface area (Å²) in [4.78, 5) is 35.1. The number of hydrogen-bond acceptors (Lipinski definition) is 6. The summed E-state index contributed by atoms with van der Waals surface area (Å²) in [5.41, 5.74) is 8.55. The van der Waals surface area contributed by atoms with Gasteiger partial charge in [-0.3, -0.25) is 20.0 Å². The van der Waals surface area contributed by atoms with Crippen molar-refractivity contribution in [3.63, 3.8) is 0 Å². The molecule has 1 saturated heterocycles. The topological polar surface area (TPSA) is 98.2 Å². The van der Waals surface area contributed by atoms with Crippen LogP contribution in [0.5, 0.6) is 0 Å². The van der Waals surface area contributed by atoms with E-state index in [1.165, 1.54) is 12.1 Å². The Morgan fingerprint density at radius 2 is 1.67 bits per heavy atom. The highest BCUT2D eigenvalue weighted by Crippen LogP contribution is 2.50. The zero-order valence-electron chi connectivity index (χ0n) is 29.5. The Kier molecular flexibility index (Phi) is 9.28. The molecule has 2 fully saturated rings. The Morgan fingerprint density at radius 3 is 2.27 bits per heavy atom. The fraction of sp³-hybridized carbons (Fsp3) is 0.579. The quantitative estimate of drug-likeness (QED) is 0.277. The number of quaternary nitrogens is 1. The molecule has 258 valence electrons. The van der Waals surface area contributed by atoms with E-state index in [1.54, 1.807) is 12.1 Å².